The Labute approximate surface area is 70.5 Å². The highest BCUT2D eigenvalue weighted by Gasteiger charge is 2.04. The first-order valence-corrected chi connectivity index (χ1v) is 3.68. The Morgan fingerprint density at radius 1 is 1.75 bits per heavy atom. The molecule has 0 fully saturated rings. The Balaban J connectivity index is 2.54. The summed E-state index contributed by atoms with van der Waals surface area (Å²) in [6, 6.07) is 3.33. The topological polar surface area (TPSA) is 51.2 Å². The zero-order valence-corrected chi connectivity index (χ0v) is 6.78. The van der Waals surface area contributed by atoms with E-state index in [9.17, 15) is 4.79 Å². The average Bonchev–Trinajstić information content (AvgIpc) is 2.15. The highest BCUT2D eigenvalue weighted by atomic mass is 16.7. The van der Waals surface area contributed by atoms with Gasteiger partial charge in [-0.2, -0.15) is 5.48 Å². The van der Waals surface area contributed by atoms with Gasteiger partial charge in [-0.1, -0.05) is 0 Å². The van der Waals surface area contributed by atoms with Crippen LogP contribution in [0, 0.1) is 0 Å². The molecular formula is C8H10N2O2. The van der Waals surface area contributed by atoms with E-state index in [2.05, 4.69) is 15.3 Å². The molecule has 0 atom stereocenters. The quantitative estimate of drug-likeness (QED) is 0.673. The molecule has 1 N–H and O–H groups in total. The molecule has 64 valence electrons. The smallest absolute Gasteiger partial charge is 0.358 e. The molecule has 0 bridgehead atoms. The maximum Gasteiger partial charge on any atom is 0.358 e. The Bertz CT molecular complexity index is 248. The first-order valence-electron chi connectivity index (χ1n) is 3.68. The molecule has 0 radical (unpaired) electrons. The Morgan fingerprint density at radius 2 is 2.58 bits per heavy atom. The van der Waals surface area contributed by atoms with E-state index in [4.69, 9.17) is 0 Å². The van der Waals surface area contributed by atoms with Gasteiger partial charge in [-0.3, -0.25) is 4.98 Å². The highest BCUT2D eigenvalue weighted by molar-refractivity contribution is 5.88. The third-order valence-electron chi connectivity index (χ3n) is 1.21. The normalized spacial score (nSPS) is 9.42. The van der Waals surface area contributed by atoms with E-state index >= 15 is 0 Å². The van der Waals surface area contributed by atoms with Crippen LogP contribution in [0.3, 0.4) is 0 Å². The lowest BCUT2D eigenvalue weighted by Gasteiger charge is -2.01. The molecule has 0 amide bonds. The molecule has 0 spiro atoms. The van der Waals surface area contributed by atoms with Gasteiger partial charge in [0.25, 0.3) is 0 Å². The van der Waals surface area contributed by atoms with Crippen LogP contribution in [-0.4, -0.2) is 17.5 Å². The van der Waals surface area contributed by atoms with Gasteiger partial charge in [0, 0.05) is 18.9 Å². The lowest BCUT2D eigenvalue weighted by atomic mass is 10.3. The number of nitrogens with zero attached hydrogens (tertiary/aromatic N) is 1. The molecule has 0 unspecified atom stereocenters. The number of carbonyl (C=O) groups is 1. The molecule has 0 saturated carbocycles. The van der Waals surface area contributed by atoms with Gasteiger partial charge < -0.3 is 4.84 Å². The van der Waals surface area contributed by atoms with Gasteiger partial charge in [0.2, 0.25) is 0 Å². The SMILES string of the molecule is CCNOC(=O)c1cccnc1. The molecule has 0 saturated heterocycles. The maximum atomic E-state index is 11.1. The van der Waals surface area contributed by atoms with Crippen molar-refractivity contribution < 1.29 is 9.63 Å². The van der Waals surface area contributed by atoms with Crippen LogP contribution < -0.4 is 5.48 Å². The van der Waals surface area contributed by atoms with Gasteiger partial charge >= 0.3 is 5.97 Å². The first kappa shape index (κ1) is 8.67. The van der Waals surface area contributed by atoms with Crippen molar-refractivity contribution in [2.24, 2.45) is 0 Å². The van der Waals surface area contributed by atoms with Gasteiger partial charge in [0.1, 0.15) is 0 Å². The zero-order chi connectivity index (χ0) is 8.81. The average molecular weight is 166 g/mol. The standard InChI is InChI=1S/C8H10N2O2/c1-2-10-12-8(11)7-4-3-5-9-6-7/h3-6,10H,2H2,1H3. The van der Waals surface area contributed by atoms with Crippen molar-refractivity contribution in [3.8, 4) is 0 Å². The van der Waals surface area contributed by atoms with Crippen LogP contribution in [0.15, 0.2) is 24.5 Å². The van der Waals surface area contributed by atoms with E-state index in [-0.39, 0.29) is 0 Å². The van der Waals surface area contributed by atoms with Crippen molar-refractivity contribution >= 4 is 5.97 Å². The van der Waals surface area contributed by atoms with E-state index < -0.39 is 5.97 Å². The number of hydrogen-bond acceptors (Lipinski definition) is 4. The van der Waals surface area contributed by atoms with Gasteiger partial charge in [-0.05, 0) is 19.1 Å². The third kappa shape index (κ3) is 2.32. The van der Waals surface area contributed by atoms with Crippen LogP contribution in [0.1, 0.15) is 17.3 Å². The minimum Gasteiger partial charge on any atom is -0.367 e. The predicted octanol–water partition coefficient (Wildman–Crippen LogP) is 0.763. The summed E-state index contributed by atoms with van der Waals surface area (Å²) in [5.74, 6) is -0.412. The van der Waals surface area contributed by atoms with E-state index in [0.29, 0.717) is 12.1 Å². The van der Waals surface area contributed by atoms with E-state index in [1.807, 2.05) is 6.92 Å². The fourth-order valence-corrected chi connectivity index (χ4v) is 0.680. The van der Waals surface area contributed by atoms with Crippen molar-refractivity contribution in [1.82, 2.24) is 10.5 Å². The molecule has 12 heavy (non-hydrogen) atoms. The minimum atomic E-state index is -0.412. The monoisotopic (exact) mass is 166 g/mol. The number of aromatic nitrogens is 1. The van der Waals surface area contributed by atoms with Crippen LogP contribution in [0.4, 0.5) is 0 Å². The summed E-state index contributed by atoms with van der Waals surface area (Å²) in [4.78, 5) is 19.5. The lowest BCUT2D eigenvalue weighted by Crippen LogP contribution is -2.19. The second-order valence-corrected chi connectivity index (χ2v) is 2.13. The molecule has 1 aromatic rings. The third-order valence-corrected chi connectivity index (χ3v) is 1.21. The number of rotatable bonds is 3. The molecule has 4 heteroatoms. The van der Waals surface area contributed by atoms with Crippen molar-refractivity contribution in [1.29, 1.82) is 0 Å². The molecule has 0 aliphatic heterocycles. The Hall–Kier alpha value is -1.42. The summed E-state index contributed by atoms with van der Waals surface area (Å²) in [5.41, 5.74) is 2.91. The number of hydroxylamine groups is 1. The molecule has 4 nitrogen and oxygen atoms in total. The van der Waals surface area contributed by atoms with Crippen molar-refractivity contribution in [2.75, 3.05) is 6.54 Å². The second-order valence-electron chi connectivity index (χ2n) is 2.13. The number of hydrogen-bond donors (Lipinski definition) is 1. The molecule has 1 rings (SSSR count). The maximum absolute atomic E-state index is 11.1. The summed E-state index contributed by atoms with van der Waals surface area (Å²) in [7, 11) is 0. The molecule has 0 aromatic carbocycles. The molecular weight excluding hydrogens is 156 g/mol. The largest absolute Gasteiger partial charge is 0.367 e. The van der Waals surface area contributed by atoms with Gasteiger partial charge in [-0.25, -0.2) is 4.79 Å². The van der Waals surface area contributed by atoms with Gasteiger partial charge in [0.15, 0.2) is 0 Å². The minimum absolute atomic E-state index is 0.412. The predicted molar refractivity (Wildman–Crippen MR) is 43.3 cm³/mol. The number of carbonyl (C=O) groups excluding carboxylic acids is 1. The van der Waals surface area contributed by atoms with Gasteiger partial charge in [-0.15, -0.1) is 0 Å². The summed E-state index contributed by atoms with van der Waals surface area (Å²) in [6.45, 7) is 2.43. The van der Waals surface area contributed by atoms with Crippen LogP contribution >= 0.6 is 0 Å². The van der Waals surface area contributed by atoms with Crippen LogP contribution in [0.25, 0.3) is 0 Å². The van der Waals surface area contributed by atoms with E-state index in [1.54, 1.807) is 18.3 Å². The summed E-state index contributed by atoms with van der Waals surface area (Å²) < 4.78 is 0. The van der Waals surface area contributed by atoms with E-state index in [1.165, 1.54) is 6.20 Å². The number of nitrogens with one attached hydrogen (secondary N) is 1. The fraction of sp³-hybridized carbons (Fsp3) is 0.250. The van der Waals surface area contributed by atoms with E-state index in [0.717, 1.165) is 0 Å². The molecule has 1 heterocycles. The van der Waals surface area contributed by atoms with Crippen LogP contribution in [-0.2, 0) is 4.84 Å². The summed E-state index contributed by atoms with van der Waals surface area (Å²) in [5, 5.41) is 0. The Kier molecular flexibility index (Phi) is 3.22. The van der Waals surface area contributed by atoms with Crippen molar-refractivity contribution in [2.45, 2.75) is 6.92 Å². The van der Waals surface area contributed by atoms with Crippen LogP contribution in [0.5, 0.6) is 0 Å². The first-order chi connectivity index (χ1) is 5.84. The molecule has 0 aliphatic carbocycles. The second kappa shape index (κ2) is 4.46. The highest BCUT2D eigenvalue weighted by Crippen LogP contribution is 1.96. The summed E-state index contributed by atoms with van der Waals surface area (Å²) >= 11 is 0. The van der Waals surface area contributed by atoms with Crippen LogP contribution in [0.2, 0.25) is 0 Å². The molecule has 0 aliphatic rings. The zero-order valence-electron chi connectivity index (χ0n) is 6.78. The fourth-order valence-electron chi connectivity index (χ4n) is 0.680. The Morgan fingerprint density at radius 3 is 3.17 bits per heavy atom. The lowest BCUT2D eigenvalue weighted by molar-refractivity contribution is 0.0265. The van der Waals surface area contributed by atoms with Crippen molar-refractivity contribution in [3.63, 3.8) is 0 Å². The number of pyridine rings is 1. The molecule has 1 aromatic heterocycles. The summed E-state index contributed by atoms with van der Waals surface area (Å²) in [6.07, 6.45) is 3.06. The van der Waals surface area contributed by atoms with Crippen molar-refractivity contribution in [3.05, 3.63) is 30.1 Å². The van der Waals surface area contributed by atoms with Gasteiger partial charge in [0.05, 0.1) is 5.56 Å².